The fourth-order valence-corrected chi connectivity index (χ4v) is 2.19. The van der Waals surface area contributed by atoms with Crippen LogP contribution in [0.25, 0.3) is 0 Å². The number of amides is 1. The summed E-state index contributed by atoms with van der Waals surface area (Å²) in [4.78, 5) is 12.0. The SMILES string of the molecule is CCOc1ccc(/C=N/NC(=O)c2ccccc2C(F)(F)F)cc1OC. The van der Waals surface area contributed by atoms with Crippen molar-refractivity contribution in [3.8, 4) is 11.5 Å². The molecule has 0 bridgehead atoms. The predicted molar refractivity (Wildman–Crippen MR) is 90.7 cm³/mol. The molecule has 5 nitrogen and oxygen atoms in total. The third kappa shape index (κ3) is 4.75. The first-order valence-electron chi connectivity index (χ1n) is 7.67. The zero-order valence-corrected chi connectivity index (χ0v) is 14.1. The van der Waals surface area contributed by atoms with Crippen LogP contribution in [0.3, 0.4) is 0 Å². The van der Waals surface area contributed by atoms with E-state index in [9.17, 15) is 18.0 Å². The van der Waals surface area contributed by atoms with Gasteiger partial charge in [-0.25, -0.2) is 5.43 Å². The summed E-state index contributed by atoms with van der Waals surface area (Å²) in [6.07, 6.45) is -3.33. The van der Waals surface area contributed by atoms with Crippen LogP contribution >= 0.6 is 0 Å². The van der Waals surface area contributed by atoms with Crippen LogP contribution in [0.5, 0.6) is 11.5 Å². The molecule has 26 heavy (non-hydrogen) atoms. The molecule has 0 fully saturated rings. The molecule has 2 aromatic rings. The summed E-state index contributed by atoms with van der Waals surface area (Å²) in [5.41, 5.74) is 1.16. The molecule has 0 unspecified atom stereocenters. The molecule has 0 atom stereocenters. The van der Waals surface area contributed by atoms with Gasteiger partial charge in [-0.15, -0.1) is 0 Å². The summed E-state index contributed by atoms with van der Waals surface area (Å²) in [5.74, 6) is 0.0758. The summed E-state index contributed by atoms with van der Waals surface area (Å²) >= 11 is 0. The van der Waals surface area contributed by atoms with E-state index in [0.717, 1.165) is 12.1 Å². The lowest BCUT2D eigenvalue weighted by Gasteiger charge is -2.11. The van der Waals surface area contributed by atoms with Gasteiger partial charge < -0.3 is 9.47 Å². The fourth-order valence-electron chi connectivity index (χ4n) is 2.19. The van der Waals surface area contributed by atoms with Gasteiger partial charge in [0.2, 0.25) is 0 Å². The van der Waals surface area contributed by atoms with Crippen LogP contribution in [-0.4, -0.2) is 25.8 Å². The zero-order chi connectivity index (χ0) is 19.2. The smallest absolute Gasteiger partial charge is 0.417 e. The zero-order valence-electron chi connectivity index (χ0n) is 14.1. The Labute approximate surface area is 148 Å². The first-order valence-corrected chi connectivity index (χ1v) is 7.67. The van der Waals surface area contributed by atoms with E-state index >= 15 is 0 Å². The number of nitrogens with one attached hydrogen (secondary N) is 1. The van der Waals surface area contributed by atoms with E-state index in [2.05, 4.69) is 10.5 Å². The van der Waals surface area contributed by atoms with Crippen LogP contribution in [0.15, 0.2) is 47.6 Å². The van der Waals surface area contributed by atoms with E-state index in [1.165, 1.54) is 25.5 Å². The van der Waals surface area contributed by atoms with Gasteiger partial charge in [0.1, 0.15) is 0 Å². The number of carbonyl (C=O) groups is 1. The molecule has 138 valence electrons. The number of methoxy groups -OCH3 is 1. The number of ether oxygens (including phenoxy) is 2. The molecular formula is C18H17F3N2O3. The Morgan fingerprint density at radius 2 is 1.92 bits per heavy atom. The van der Waals surface area contributed by atoms with Crippen molar-refractivity contribution in [1.82, 2.24) is 5.43 Å². The summed E-state index contributed by atoms with van der Waals surface area (Å²) in [5, 5.41) is 3.70. The number of hydrogen-bond acceptors (Lipinski definition) is 4. The number of hydrazone groups is 1. The van der Waals surface area contributed by atoms with Crippen molar-refractivity contribution >= 4 is 12.1 Å². The quantitative estimate of drug-likeness (QED) is 0.624. The van der Waals surface area contributed by atoms with Crippen molar-refractivity contribution in [2.24, 2.45) is 5.10 Å². The highest BCUT2D eigenvalue weighted by atomic mass is 19.4. The average Bonchev–Trinajstić information content (AvgIpc) is 2.62. The minimum Gasteiger partial charge on any atom is -0.493 e. The maximum atomic E-state index is 12.9. The lowest BCUT2D eigenvalue weighted by atomic mass is 10.1. The molecule has 0 aliphatic carbocycles. The number of hydrogen-bond donors (Lipinski definition) is 1. The van der Waals surface area contributed by atoms with Crippen LogP contribution in [0, 0.1) is 0 Å². The second kappa shape index (κ2) is 8.37. The molecule has 2 aromatic carbocycles. The van der Waals surface area contributed by atoms with E-state index in [-0.39, 0.29) is 0 Å². The third-order valence-corrected chi connectivity index (χ3v) is 3.34. The normalized spacial score (nSPS) is 11.4. The van der Waals surface area contributed by atoms with Gasteiger partial charge in [-0.3, -0.25) is 4.79 Å². The van der Waals surface area contributed by atoms with Crippen molar-refractivity contribution in [3.05, 3.63) is 59.2 Å². The maximum Gasteiger partial charge on any atom is 0.417 e. The number of carbonyl (C=O) groups excluding carboxylic acids is 1. The topological polar surface area (TPSA) is 59.9 Å². The Bertz CT molecular complexity index is 805. The van der Waals surface area contributed by atoms with E-state index in [1.54, 1.807) is 18.2 Å². The van der Waals surface area contributed by atoms with Gasteiger partial charge in [-0.2, -0.15) is 18.3 Å². The molecule has 0 aliphatic rings. The van der Waals surface area contributed by atoms with E-state index in [1.807, 2.05) is 6.92 Å². The first-order chi connectivity index (χ1) is 12.4. The lowest BCUT2D eigenvalue weighted by Crippen LogP contribution is -2.22. The molecule has 8 heteroatoms. The van der Waals surface area contributed by atoms with Crippen LogP contribution in [0.1, 0.15) is 28.4 Å². The van der Waals surface area contributed by atoms with Crippen LogP contribution in [-0.2, 0) is 6.18 Å². The molecule has 0 aliphatic heterocycles. The summed E-state index contributed by atoms with van der Waals surface area (Å²) in [6.45, 7) is 2.31. The lowest BCUT2D eigenvalue weighted by molar-refractivity contribution is -0.137. The minimum absolute atomic E-state index is 0.471. The molecule has 0 saturated carbocycles. The number of halogens is 3. The van der Waals surface area contributed by atoms with E-state index in [0.29, 0.717) is 23.7 Å². The summed E-state index contributed by atoms with van der Waals surface area (Å²) in [6, 6.07) is 9.48. The van der Waals surface area contributed by atoms with Gasteiger partial charge in [0, 0.05) is 0 Å². The van der Waals surface area contributed by atoms with E-state index < -0.39 is 23.2 Å². The van der Waals surface area contributed by atoms with Crippen molar-refractivity contribution in [2.75, 3.05) is 13.7 Å². The molecule has 0 aromatic heterocycles. The van der Waals surface area contributed by atoms with Crippen molar-refractivity contribution in [3.63, 3.8) is 0 Å². The molecule has 0 radical (unpaired) electrons. The van der Waals surface area contributed by atoms with Crippen molar-refractivity contribution in [1.29, 1.82) is 0 Å². The maximum absolute atomic E-state index is 12.9. The van der Waals surface area contributed by atoms with Crippen LogP contribution < -0.4 is 14.9 Å². The number of benzene rings is 2. The molecule has 1 N–H and O–H groups in total. The minimum atomic E-state index is -4.62. The number of nitrogens with zero attached hydrogens (tertiary/aromatic N) is 1. The predicted octanol–water partition coefficient (Wildman–Crippen LogP) is 3.88. The van der Waals surface area contributed by atoms with Gasteiger partial charge in [0.05, 0.1) is 31.1 Å². The summed E-state index contributed by atoms with van der Waals surface area (Å²) < 4.78 is 49.4. The number of alkyl halides is 3. The molecule has 0 saturated heterocycles. The van der Waals surface area contributed by atoms with Crippen molar-refractivity contribution < 1.29 is 27.4 Å². The number of rotatable bonds is 6. The Morgan fingerprint density at radius 1 is 1.19 bits per heavy atom. The highest BCUT2D eigenvalue weighted by molar-refractivity contribution is 5.96. The highest BCUT2D eigenvalue weighted by Gasteiger charge is 2.34. The second-order valence-corrected chi connectivity index (χ2v) is 5.09. The van der Waals surface area contributed by atoms with E-state index in [4.69, 9.17) is 9.47 Å². The highest BCUT2D eigenvalue weighted by Crippen LogP contribution is 2.31. The Morgan fingerprint density at radius 3 is 2.58 bits per heavy atom. The average molecular weight is 366 g/mol. The van der Waals surface area contributed by atoms with Gasteiger partial charge in [0.25, 0.3) is 5.91 Å². The van der Waals surface area contributed by atoms with Crippen LogP contribution in [0.2, 0.25) is 0 Å². The third-order valence-electron chi connectivity index (χ3n) is 3.34. The largest absolute Gasteiger partial charge is 0.493 e. The van der Waals surface area contributed by atoms with Gasteiger partial charge in [-0.05, 0) is 42.8 Å². The molecule has 2 rings (SSSR count). The second-order valence-electron chi connectivity index (χ2n) is 5.09. The van der Waals surface area contributed by atoms with Gasteiger partial charge in [0.15, 0.2) is 11.5 Å². The Kier molecular flexibility index (Phi) is 6.21. The van der Waals surface area contributed by atoms with Crippen LogP contribution in [0.4, 0.5) is 13.2 Å². The van der Waals surface area contributed by atoms with Crippen molar-refractivity contribution in [2.45, 2.75) is 13.1 Å². The molecule has 0 spiro atoms. The summed E-state index contributed by atoms with van der Waals surface area (Å²) in [7, 11) is 1.48. The standard InChI is InChI=1S/C18H17F3N2O3/c1-3-26-15-9-8-12(10-16(15)25-2)11-22-23-17(24)13-6-4-5-7-14(13)18(19,20)21/h4-11H,3H2,1-2H3,(H,23,24)/b22-11+. The van der Waals surface area contributed by atoms with Gasteiger partial charge in [-0.1, -0.05) is 12.1 Å². The monoisotopic (exact) mass is 366 g/mol. The molecule has 1 amide bonds. The Balaban J connectivity index is 2.13. The molecule has 0 heterocycles. The van der Waals surface area contributed by atoms with Gasteiger partial charge >= 0.3 is 6.18 Å². The first kappa shape index (κ1) is 19.3. The Hall–Kier alpha value is -3.03. The molecular weight excluding hydrogens is 349 g/mol. The fraction of sp³-hybridized carbons (Fsp3) is 0.222.